The van der Waals surface area contributed by atoms with Crippen molar-refractivity contribution in [1.29, 1.82) is 0 Å². The van der Waals surface area contributed by atoms with Crippen LogP contribution in [0.25, 0.3) is 0 Å². The summed E-state index contributed by atoms with van der Waals surface area (Å²) in [5, 5.41) is 13.7. The summed E-state index contributed by atoms with van der Waals surface area (Å²) in [5.74, 6) is -0.0705. The Labute approximate surface area is 149 Å². The molecule has 0 aliphatic carbocycles. The van der Waals surface area contributed by atoms with Crippen molar-refractivity contribution in [2.75, 3.05) is 24.5 Å². The third kappa shape index (κ3) is 3.06. The van der Waals surface area contributed by atoms with E-state index >= 15 is 0 Å². The van der Waals surface area contributed by atoms with E-state index in [1.54, 1.807) is 0 Å². The zero-order chi connectivity index (χ0) is 16.5. The number of benzene rings is 1. The smallest absolute Gasteiger partial charge is 0.272 e. The molecular weight excluding hydrogens is 370 g/mol. The maximum Gasteiger partial charge on any atom is 0.272 e. The molecule has 24 heavy (non-hydrogen) atoms. The van der Waals surface area contributed by atoms with E-state index in [0.29, 0.717) is 12.2 Å². The number of carbonyl (C=O) groups excluding carboxylic acids is 1. The molecule has 1 aromatic carbocycles. The Kier molecular flexibility index (Phi) is 4.28. The fourth-order valence-electron chi connectivity index (χ4n) is 3.43. The molecule has 1 amide bonds. The maximum atomic E-state index is 12.6. The van der Waals surface area contributed by atoms with Crippen LogP contribution < -0.4 is 15.5 Å². The van der Waals surface area contributed by atoms with Crippen LogP contribution >= 0.6 is 15.9 Å². The van der Waals surface area contributed by atoms with Crippen molar-refractivity contribution < 1.29 is 4.79 Å². The topological polar surface area (TPSA) is 73.0 Å². The second-order valence-electron chi connectivity index (χ2n) is 6.34. The zero-order valence-corrected chi connectivity index (χ0v) is 14.9. The molecule has 0 bridgehead atoms. The fourth-order valence-corrected chi connectivity index (χ4v) is 3.70. The third-order valence-electron chi connectivity index (χ3n) is 4.74. The first-order valence-corrected chi connectivity index (χ1v) is 9.08. The van der Waals surface area contributed by atoms with Gasteiger partial charge in [0.1, 0.15) is 0 Å². The van der Waals surface area contributed by atoms with Gasteiger partial charge in [-0.25, -0.2) is 0 Å². The second kappa shape index (κ2) is 6.57. The van der Waals surface area contributed by atoms with Gasteiger partial charge >= 0.3 is 0 Å². The molecule has 1 saturated heterocycles. The van der Waals surface area contributed by atoms with Crippen molar-refractivity contribution in [3.05, 3.63) is 45.7 Å². The van der Waals surface area contributed by atoms with Gasteiger partial charge in [0.05, 0.1) is 0 Å². The number of carbonyl (C=O) groups is 1. The van der Waals surface area contributed by atoms with Crippen LogP contribution in [0.2, 0.25) is 0 Å². The van der Waals surface area contributed by atoms with E-state index in [1.165, 1.54) is 5.69 Å². The molecular formula is C17H20BrN5O. The highest BCUT2D eigenvalue weighted by Gasteiger charge is 2.27. The lowest BCUT2D eigenvalue weighted by Gasteiger charge is -2.19. The van der Waals surface area contributed by atoms with Crippen LogP contribution in [0.1, 0.15) is 28.2 Å². The van der Waals surface area contributed by atoms with Crippen molar-refractivity contribution in [2.24, 2.45) is 0 Å². The monoisotopic (exact) mass is 389 g/mol. The van der Waals surface area contributed by atoms with Crippen LogP contribution in [0.15, 0.2) is 28.7 Å². The molecule has 0 saturated carbocycles. The van der Waals surface area contributed by atoms with Crippen LogP contribution in [-0.2, 0) is 13.0 Å². The maximum absolute atomic E-state index is 12.6. The number of halogens is 1. The van der Waals surface area contributed by atoms with Gasteiger partial charge in [-0.1, -0.05) is 15.9 Å². The Morgan fingerprint density at radius 3 is 3.00 bits per heavy atom. The number of hydrogen-bond donors (Lipinski definition) is 3. The van der Waals surface area contributed by atoms with Crippen molar-refractivity contribution in [1.82, 2.24) is 20.8 Å². The predicted octanol–water partition coefficient (Wildman–Crippen LogP) is 1.83. The standard InChI is InChI=1S/C17H20BrN5O/c18-11-1-3-13(4-2-11)23-8-6-12(10-23)20-17(24)16-14-9-19-7-5-15(14)21-22-16/h1-4,12,19H,5-10H2,(H,20,24)(H,21,22). The summed E-state index contributed by atoms with van der Waals surface area (Å²) in [4.78, 5) is 14.9. The van der Waals surface area contributed by atoms with Gasteiger partial charge in [-0.15, -0.1) is 0 Å². The number of rotatable bonds is 3. The molecule has 3 N–H and O–H groups in total. The minimum absolute atomic E-state index is 0.0705. The molecule has 1 unspecified atom stereocenters. The van der Waals surface area contributed by atoms with E-state index in [9.17, 15) is 4.79 Å². The van der Waals surface area contributed by atoms with Gasteiger partial charge in [0, 0.05) is 60.1 Å². The molecule has 2 aliphatic rings. The van der Waals surface area contributed by atoms with Crippen LogP contribution in [0.4, 0.5) is 5.69 Å². The highest BCUT2D eigenvalue weighted by atomic mass is 79.9. The highest BCUT2D eigenvalue weighted by Crippen LogP contribution is 2.23. The number of hydrogen-bond acceptors (Lipinski definition) is 4. The van der Waals surface area contributed by atoms with Gasteiger partial charge < -0.3 is 15.5 Å². The molecule has 1 fully saturated rings. The van der Waals surface area contributed by atoms with Gasteiger partial charge in [-0.05, 0) is 30.7 Å². The van der Waals surface area contributed by atoms with Gasteiger partial charge in [0.15, 0.2) is 5.69 Å². The van der Waals surface area contributed by atoms with E-state index in [2.05, 4.69) is 53.8 Å². The van der Waals surface area contributed by atoms with Gasteiger partial charge in [0.25, 0.3) is 5.91 Å². The summed E-state index contributed by atoms with van der Waals surface area (Å²) in [6.45, 7) is 3.43. The summed E-state index contributed by atoms with van der Waals surface area (Å²) in [7, 11) is 0. The first kappa shape index (κ1) is 15.7. The summed E-state index contributed by atoms with van der Waals surface area (Å²) >= 11 is 3.46. The third-order valence-corrected chi connectivity index (χ3v) is 5.27. The van der Waals surface area contributed by atoms with Crippen molar-refractivity contribution >= 4 is 27.5 Å². The van der Waals surface area contributed by atoms with Gasteiger partial charge in [-0.3, -0.25) is 9.89 Å². The van der Waals surface area contributed by atoms with Crippen LogP contribution in [0.3, 0.4) is 0 Å². The average molecular weight is 390 g/mol. The molecule has 7 heteroatoms. The number of anilines is 1. The first-order valence-electron chi connectivity index (χ1n) is 8.29. The lowest BCUT2D eigenvalue weighted by Crippen LogP contribution is -2.38. The van der Waals surface area contributed by atoms with E-state index < -0.39 is 0 Å². The normalized spacial score (nSPS) is 20.0. The Bertz CT molecular complexity index is 742. The molecule has 1 atom stereocenters. The number of nitrogens with zero attached hydrogens (tertiary/aromatic N) is 2. The lowest BCUT2D eigenvalue weighted by atomic mass is 10.1. The second-order valence-corrected chi connectivity index (χ2v) is 7.25. The first-order chi connectivity index (χ1) is 11.7. The Balaban J connectivity index is 1.40. The lowest BCUT2D eigenvalue weighted by molar-refractivity contribution is 0.0934. The minimum Gasteiger partial charge on any atom is -0.369 e. The SMILES string of the molecule is O=C(NC1CCN(c2ccc(Br)cc2)C1)c1n[nH]c2c1CNCC2. The summed E-state index contributed by atoms with van der Waals surface area (Å²) < 4.78 is 1.08. The average Bonchev–Trinajstić information content (AvgIpc) is 3.22. The Hall–Kier alpha value is -1.86. The van der Waals surface area contributed by atoms with E-state index in [-0.39, 0.29) is 11.9 Å². The van der Waals surface area contributed by atoms with Gasteiger partial charge in [0.2, 0.25) is 0 Å². The molecule has 2 aromatic rings. The fraction of sp³-hybridized carbons (Fsp3) is 0.412. The van der Waals surface area contributed by atoms with E-state index in [4.69, 9.17) is 0 Å². The summed E-state index contributed by atoms with van der Waals surface area (Å²) in [5.41, 5.74) is 3.83. The van der Waals surface area contributed by atoms with E-state index in [0.717, 1.165) is 48.2 Å². The largest absolute Gasteiger partial charge is 0.369 e. The van der Waals surface area contributed by atoms with Crippen LogP contribution in [0.5, 0.6) is 0 Å². The molecule has 6 nitrogen and oxygen atoms in total. The van der Waals surface area contributed by atoms with Crippen molar-refractivity contribution in [2.45, 2.75) is 25.4 Å². The molecule has 2 aliphatic heterocycles. The number of aromatic amines is 1. The highest BCUT2D eigenvalue weighted by molar-refractivity contribution is 9.10. The Morgan fingerprint density at radius 1 is 1.33 bits per heavy atom. The zero-order valence-electron chi connectivity index (χ0n) is 13.3. The van der Waals surface area contributed by atoms with Crippen LogP contribution in [-0.4, -0.2) is 41.8 Å². The molecule has 126 valence electrons. The number of H-pyrrole nitrogens is 1. The number of aromatic nitrogens is 2. The quantitative estimate of drug-likeness (QED) is 0.748. The molecule has 0 spiro atoms. The Morgan fingerprint density at radius 2 is 2.17 bits per heavy atom. The van der Waals surface area contributed by atoms with Crippen molar-refractivity contribution in [3.8, 4) is 0 Å². The number of nitrogens with one attached hydrogen (secondary N) is 3. The number of amides is 1. The molecule has 3 heterocycles. The summed E-state index contributed by atoms with van der Waals surface area (Å²) in [6, 6.07) is 8.45. The summed E-state index contributed by atoms with van der Waals surface area (Å²) in [6.07, 6.45) is 1.85. The van der Waals surface area contributed by atoms with Crippen molar-refractivity contribution in [3.63, 3.8) is 0 Å². The predicted molar refractivity (Wildman–Crippen MR) is 96.2 cm³/mol. The molecule has 1 aromatic heterocycles. The molecule has 4 rings (SSSR count). The molecule has 0 radical (unpaired) electrons. The minimum atomic E-state index is -0.0705. The van der Waals surface area contributed by atoms with Gasteiger partial charge in [-0.2, -0.15) is 5.10 Å². The number of fused-ring (bicyclic) bond motifs is 1. The van der Waals surface area contributed by atoms with Crippen LogP contribution in [0, 0.1) is 0 Å². The van der Waals surface area contributed by atoms with E-state index in [1.807, 2.05) is 12.1 Å².